The molecule has 1 aliphatic heterocycles. The monoisotopic (exact) mass is 280 g/mol. The van der Waals surface area contributed by atoms with Crippen LogP contribution in [0.4, 0.5) is 5.69 Å². The first kappa shape index (κ1) is 13.8. The lowest BCUT2D eigenvalue weighted by Crippen LogP contribution is -2.39. The van der Waals surface area contributed by atoms with Crippen molar-refractivity contribution in [3.63, 3.8) is 0 Å². The molecule has 1 heterocycles. The van der Waals surface area contributed by atoms with Gasteiger partial charge < -0.3 is 10.6 Å². The van der Waals surface area contributed by atoms with E-state index in [4.69, 9.17) is 0 Å². The van der Waals surface area contributed by atoms with Gasteiger partial charge in [-0.3, -0.25) is 4.79 Å². The van der Waals surface area contributed by atoms with Crippen LogP contribution in [0.3, 0.4) is 0 Å². The summed E-state index contributed by atoms with van der Waals surface area (Å²) in [4.78, 5) is 12.3. The van der Waals surface area contributed by atoms with Crippen molar-refractivity contribution >= 4 is 11.6 Å². The Hall–Kier alpha value is -2.13. The number of hydrogen-bond acceptors (Lipinski definition) is 2. The van der Waals surface area contributed by atoms with E-state index in [0.717, 1.165) is 18.5 Å². The van der Waals surface area contributed by atoms with Gasteiger partial charge in [0.2, 0.25) is 5.91 Å². The Balaban J connectivity index is 1.64. The van der Waals surface area contributed by atoms with Crippen molar-refractivity contribution in [3.8, 4) is 0 Å². The van der Waals surface area contributed by atoms with Crippen molar-refractivity contribution in [2.75, 3.05) is 5.32 Å². The highest BCUT2D eigenvalue weighted by molar-refractivity contribution is 5.96. The molecule has 0 fully saturated rings. The quantitative estimate of drug-likeness (QED) is 0.907. The molecule has 1 unspecified atom stereocenters. The number of aryl methyl sites for hydroxylation is 2. The van der Waals surface area contributed by atoms with Crippen LogP contribution in [-0.2, 0) is 17.8 Å². The molecule has 2 aromatic carbocycles. The third-order valence-electron chi connectivity index (χ3n) is 3.97. The SMILES string of the molecule is Cc1ccc(CNC2CCc3ccccc3NC2=O)cc1. The zero-order valence-corrected chi connectivity index (χ0v) is 12.2. The largest absolute Gasteiger partial charge is 0.324 e. The fraction of sp³-hybridized carbons (Fsp3) is 0.278. The molecular weight excluding hydrogens is 260 g/mol. The zero-order valence-electron chi connectivity index (χ0n) is 12.2. The number of hydrogen-bond donors (Lipinski definition) is 2. The number of para-hydroxylation sites is 1. The van der Waals surface area contributed by atoms with Crippen LogP contribution < -0.4 is 10.6 Å². The van der Waals surface area contributed by atoms with Crippen LogP contribution in [0, 0.1) is 6.92 Å². The lowest BCUT2D eigenvalue weighted by atomic mass is 10.1. The standard InChI is InChI=1S/C18H20N2O/c1-13-6-8-14(9-7-13)12-19-17-11-10-15-4-2-3-5-16(15)20-18(17)21/h2-9,17,19H,10-12H2,1H3,(H,20,21). The van der Waals surface area contributed by atoms with E-state index in [1.807, 2.05) is 18.2 Å². The van der Waals surface area contributed by atoms with Crippen LogP contribution >= 0.6 is 0 Å². The second-order valence-electron chi connectivity index (χ2n) is 5.60. The molecule has 0 saturated heterocycles. The van der Waals surface area contributed by atoms with Crippen molar-refractivity contribution in [1.82, 2.24) is 5.32 Å². The molecule has 2 N–H and O–H groups in total. The highest BCUT2D eigenvalue weighted by Gasteiger charge is 2.22. The summed E-state index contributed by atoms with van der Waals surface area (Å²) < 4.78 is 0. The third kappa shape index (κ3) is 3.31. The fourth-order valence-corrected chi connectivity index (χ4v) is 2.65. The van der Waals surface area contributed by atoms with Gasteiger partial charge in [-0.2, -0.15) is 0 Å². The van der Waals surface area contributed by atoms with E-state index >= 15 is 0 Å². The van der Waals surface area contributed by atoms with Gasteiger partial charge in [0.15, 0.2) is 0 Å². The summed E-state index contributed by atoms with van der Waals surface area (Å²) in [5.74, 6) is 0.0621. The summed E-state index contributed by atoms with van der Waals surface area (Å²) in [7, 11) is 0. The second kappa shape index (κ2) is 6.10. The van der Waals surface area contributed by atoms with E-state index in [9.17, 15) is 4.79 Å². The Morgan fingerprint density at radius 2 is 1.90 bits per heavy atom. The molecule has 1 amide bonds. The molecule has 1 atom stereocenters. The molecule has 0 bridgehead atoms. The molecular formula is C18H20N2O. The first-order chi connectivity index (χ1) is 10.2. The van der Waals surface area contributed by atoms with Crippen LogP contribution in [0.2, 0.25) is 0 Å². The minimum atomic E-state index is -0.140. The van der Waals surface area contributed by atoms with Crippen LogP contribution in [0.5, 0.6) is 0 Å². The van der Waals surface area contributed by atoms with Gasteiger partial charge in [-0.05, 0) is 37.0 Å². The van der Waals surface area contributed by atoms with Gasteiger partial charge in [0, 0.05) is 12.2 Å². The average Bonchev–Trinajstić information content (AvgIpc) is 2.65. The van der Waals surface area contributed by atoms with Crippen molar-refractivity contribution in [2.24, 2.45) is 0 Å². The molecule has 108 valence electrons. The number of amides is 1. The summed E-state index contributed by atoms with van der Waals surface area (Å²) in [6, 6.07) is 16.3. The van der Waals surface area contributed by atoms with E-state index in [1.165, 1.54) is 16.7 Å². The molecule has 3 rings (SSSR count). The number of fused-ring (bicyclic) bond motifs is 1. The van der Waals surface area contributed by atoms with Crippen molar-refractivity contribution in [2.45, 2.75) is 32.4 Å². The molecule has 0 saturated carbocycles. The highest BCUT2D eigenvalue weighted by atomic mass is 16.2. The molecule has 0 radical (unpaired) electrons. The third-order valence-corrected chi connectivity index (χ3v) is 3.97. The molecule has 0 spiro atoms. The van der Waals surface area contributed by atoms with E-state index in [0.29, 0.717) is 6.54 Å². The van der Waals surface area contributed by atoms with Crippen LogP contribution in [0.1, 0.15) is 23.1 Å². The van der Waals surface area contributed by atoms with Crippen molar-refractivity contribution < 1.29 is 4.79 Å². The Labute approximate surface area is 125 Å². The van der Waals surface area contributed by atoms with E-state index in [1.54, 1.807) is 0 Å². The second-order valence-corrected chi connectivity index (χ2v) is 5.60. The van der Waals surface area contributed by atoms with Gasteiger partial charge in [0.05, 0.1) is 6.04 Å². The smallest absolute Gasteiger partial charge is 0.241 e. The summed E-state index contributed by atoms with van der Waals surface area (Å²) in [6.07, 6.45) is 1.75. The van der Waals surface area contributed by atoms with Crippen LogP contribution in [-0.4, -0.2) is 11.9 Å². The maximum atomic E-state index is 12.3. The first-order valence-electron chi connectivity index (χ1n) is 7.40. The van der Waals surface area contributed by atoms with Gasteiger partial charge >= 0.3 is 0 Å². The molecule has 2 aromatic rings. The maximum Gasteiger partial charge on any atom is 0.241 e. The molecule has 21 heavy (non-hydrogen) atoms. The van der Waals surface area contributed by atoms with Gasteiger partial charge in [-0.25, -0.2) is 0 Å². The first-order valence-corrected chi connectivity index (χ1v) is 7.40. The predicted octanol–water partition coefficient (Wildman–Crippen LogP) is 3.04. The Bertz CT molecular complexity index is 634. The Morgan fingerprint density at radius 1 is 1.14 bits per heavy atom. The van der Waals surface area contributed by atoms with Crippen molar-refractivity contribution in [1.29, 1.82) is 0 Å². The van der Waals surface area contributed by atoms with E-state index in [2.05, 4.69) is 47.9 Å². The average molecular weight is 280 g/mol. The van der Waals surface area contributed by atoms with Crippen molar-refractivity contribution in [3.05, 3.63) is 65.2 Å². The number of rotatable bonds is 3. The molecule has 0 aromatic heterocycles. The predicted molar refractivity (Wildman–Crippen MR) is 85.2 cm³/mol. The lowest BCUT2D eigenvalue weighted by Gasteiger charge is -2.15. The molecule has 0 aliphatic carbocycles. The number of carbonyl (C=O) groups excluding carboxylic acids is 1. The molecule has 3 heteroatoms. The Kier molecular flexibility index (Phi) is 4.02. The zero-order chi connectivity index (χ0) is 14.7. The van der Waals surface area contributed by atoms with Crippen LogP contribution in [0.25, 0.3) is 0 Å². The van der Waals surface area contributed by atoms with Gasteiger partial charge in [0.25, 0.3) is 0 Å². The summed E-state index contributed by atoms with van der Waals surface area (Å²) in [5.41, 5.74) is 4.61. The normalized spacial score (nSPS) is 17.8. The number of nitrogens with one attached hydrogen (secondary N) is 2. The summed E-state index contributed by atoms with van der Waals surface area (Å²) >= 11 is 0. The number of anilines is 1. The summed E-state index contributed by atoms with van der Waals surface area (Å²) in [5, 5.41) is 6.39. The topological polar surface area (TPSA) is 41.1 Å². The van der Waals surface area contributed by atoms with Crippen LogP contribution in [0.15, 0.2) is 48.5 Å². The summed E-state index contributed by atoms with van der Waals surface area (Å²) in [6.45, 7) is 2.79. The van der Waals surface area contributed by atoms with Gasteiger partial charge in [-0.15, -0.1) is 0 Å². The minimum absolute atomic E-state index is 0.0621. The lowest BCUT2D eigenvalue weighted by molar-refractivity contribution is -0.118. The highest BCUT2D eigenvalue weighted by Crippen LogP contribution is 2.21. The molecule has 3 nitrogen and oxygen atoms in total. The van der Waals surface area contributed by atoms with E-state index in [-0.39, 0.29) is 11.9 Å². The molecule has 1 aliphatic rings. The number of carbonyl (C=O) groups is 1. The van der Waals surface area contributed by atoms with Gasteiger partial charge in [-0.1, -0.05) is 48.0 Å². The Morgan fingerprint density at radius 3 is 2.71 bits per heavy atom. The fourth-order valence-electron chi connectivity index (χ4n) is 2.65. The van der Waals surface area contributed by atoms with Gasteiger partial charge in [0.1, 0.15) is 0 Å². The van der Waals surface area contributed by atoms with E-state index < -0.39 is 0 Å². The maximum absolute atomic E-state index is 12.3. The minimum Gasteiger partial charge on any atom is -0.324 e. The number of benzene rings is 2.